The molecule has 0 aromatic heterocycles. The standard InChI is InChI=1S/C14H21ClNO3Si/c1-9(17)11-7-6-10(8-12(11)15)14(2,16-13(18)19)20(3,4)5/h6-9,16-17H,2H2,1,3-5H3,(H,18,19). The van der Waals surface area contributed by atoms with Gasteiger partial charge in [0.05, 0.1) is 19.3 Å². The van der Waals surface area contributed by atoms with Crippen molar-refractivity contribution in [2.24, 2.45) is 0 Å². The Kier molecular flexibility index (Phi) is 4.89. The predicted molar refractivity (Wildman–Crippen MR) is 83.6 cm³/mol. The molecule has 1 rings (SSSR count). The van der Waals surface area contributed by atoms with Crippen LogP contribution in [0.3, 0.4) is 0 Å². The van der Waals surface area contributed by atoms with Gasteiger partial charge in [-0.2, -0.15) is 0 Å². The van der Waals surface area contributed by atoms with Crippen molar-refractivity contribution >= 4 is 25.8 Å². The third kappa shape index (κ3) is 3.34. The zero-order valence-corrected chi connectivity index (χ0v) is 14.0. The second-order valence-electron chi connectivity index (χ2n) is 6.00. The fourth-order valence-corrected chi connectivity index (χ4v) is 3.85. The van der Waals surface area contributed by atoms with E-state index in [2.05, 4.69) is 12.2 Å². The number of hydrogen-bond donors (Lipinski definition) is 3. The molecular formula is C14H21ClNO3Si. The average Bonchev–Trinajstić information content (AvgIpc) is 2.25. The molecule has 0 saturated heterocycles. The molecule has 2 atom stereocenters. The molecule has 0 aliphatic rings. The first-order valence-corrected chi connectivity index (χ1v) is 10.2. The molecule has 0 aliphatic carbocycles. The topological polar surface area (TPSA) is 69.6 Å². The normalized spacial score (nSPS) is 16.4. The Bertz CT molecular complexity index is 514. The first-order valence-electron chi connectivity index (χ1n) is 6.33. The molecule has 20 heavy (non-hydrogen) atoms. The van der Waals surface area contributed by atoms with E-state index in [0.717, 1.165) is 0 Å². The van der Waals surface area contributed by atoms with E-state index in [0.29, 0.717) is 16.1 Å². The number of nitrogens with one attached hydrogen (secondary N) is 1. The van der Waals surface area contributed by atoms with E-state index in [9.17, 15) is 9.90 Å². The highest BCUT2D eigenvalue weighted by Crippen LogP contribution is 2.34. The Morgan fingerprint density at radius 2 is 2.00 bits per heavy atom. The maximum absolute atomic E-state index is 11.1. The number of benzene rings is 1. The molecule has 0 fully saturated rings. The van der Waals surface area contributed by atoms with Gasteiger partial charge >= 0.3 is 6.09 Å². The quantitative estimate of drug-likeness (QED) is 0.744. The molecule has 0 aliphatic heterocycles. The van der Waals surface area contributed by atoms with E-state index in [-0.39, 0.29) is 0 Å². The Balaban J connectivity index is 3.36. The molecule has 1 radical (unpaired) electrons. The van der Waals surface area contributed by atoms with E-state index >= 15 is 0 Å². The Morgan fingerprint density at radius 1 is 1.45 bits per heavy atom. The molecule has 0 saturated carbocycles. The molecule has 0 heterocycles. The lowest BCUT2D eigenvalue weighted by Gasteiger charge is -2.41. The highest BCUT2D eigenvalue weighted by atomic mass is 35.5. The molecule has 3 N–H and O–H groups in total. The molecular weight excluding hydrogens is 294 g/mol. The summed E-state index contributed by atoms with van der Waals surface area (Å²) in [5, 5.41) is 20.7. The lowest BCUT2D eigenvalue weighted by atomic mass is 10.0. The average molecular weight is 315 g/mol. The van der Waals surface area contributed by atoms with Crippen LogP contribution in [0.4, 0.5) is 4.79 Å². The van der Waals surface area contributed by atoms with Crippen LogP contribution in [-0.2, 0) is 5.16 Å². The number of carbonyl (C=O) groups is 1. The Hall–Kier alpha value is -1.04. The third-order valence-electron chi connectivity index (χ3n) is 3.54. The van der Waals surface area contributed by atoms with Crippen LogP contribution in [0.15, 0.2) is 18.2 Å². The first kappa shape index (κ1) is 17.0. The fourth-order valence-electron chi connectivity index (χ4n) is 2.01. The molecule has 4 nitrogen and oxygen atoms in total. The SMILES string of the molecule is [CH2]C(NC(=O)O)(c1ccc(C(C)O)c(Cl)c1)[Si](C)(C)C. The molecule has 6 heteroatoms. The van der Waals surface area contributed by atoms with E-state index < -0.39 is 25.4 Å². The molecule has 1 aromatic rings. The molecule has 1 amide bonds. The van der Waals surface area contributed by atoms with Crippen molar-refractivity contribution in [1.82, 2.24) is 5.32 Å². The number of hydrogen-bond acceptors (Lipinski definition) is 2. The zero-order chi connectivity index (χ0) is 15.7. The van der Waals surface area contributed by atoms with Gasteiger partial charge in [-0.05, 0) is 31.0 Å². The maximum Gasteiger partial charge on any atom is 0.405 e. The summed E-state index contributed by atoms with van der Waals surface area (Å²) in [6.45, 7) is 11.8. The van der Waals surface area contributed by atoms with Crippen molar-refractivity contribution in [3.05, 3.63) is 41.3 Å². The van der Waals surface area contributed by atoms with Crippen LogP contribution in [0.1, 0.15) is 24.2 Å². The summed E-state index contributed by atoms with van der Waals surface area (Å²) in [4.78, 5) is 11.1. The summed E-state index contributed by atoms with van der Waals surface area (Å²) in [6, 6.07) is 5.17. The van der Waals surface area contributed by atoms with Gasteiger partial charge in [-0.15, -0.1) is 0 Å². The maximum atomic E-state index is 11.1. The molecule has 0 spiro atoms. The van der Waals surface area contributed by atoms with Crippen molar-refractivity contribution in [2.75, 3.05) is 0 Å². The van der Waals surface area contributed by atoms with Gasteiger partial charge in [-0.1, -0.05) is 43.4 Å². The predicted octanol–water partition coefficient (Wildman–Crippen LogP) is 3.57. The monoisotopic (exact) mass is 314 g/mol. The summed E-state index contributed by atoms with van der Waals surface area (Å²) < 4.78 is 0. The summed E-state index contributed by atoms with van der Waals surface area (Å²) in [7, 11) is -2.01. The molecule has 111 valence electrons. The molecule has 1 aromatic carbocycles. The van der Waals surface area contributed by atoms with Crippen LogP contribution < -0.4 is 5.32 Å². The number of carboxylic acid groups (broad SMARTS) is 1. The zero-order valence-electron chi connectivity index (χ0n) is 12.2. The number of aliphatic hydroxyl groups excluding tert-OH is 1. The lowest BCUT2D eigenvalue weighted by Crippen LogP contribution is -2.59. The third-order valence-corrected chi connectivity index (χ3v) is 6.85. The van der Waals surface area contributed by atoms with Crippen LogP contribution in [0, 0.1) is 6.92 Å². The summed E-state index contributed by atoms with van der Waals surface area (Å²) >= 11 is 6.17. The van der Waals surface area contributed by atoms with Crippen LogP contribution in [0.25, 0.3) is 0 Å². The molecule has 0 bridgehead atoms. The summed E-state index contributed by atoms with van der Waals surface area (Å²) in [6.07, 6.45) is -1.78. The van der Waals surface area contributed by atoms with Crippen molar-refractivity contribution in [2.45, 2.75) is 37.8 Å². The van der Waals surface area contributed by atoms with Crippen molar-refractivity contribution in [1.29, 1.82) is 0 Å². The van der Waals surface area contributed by atoms with Gasteiger partial charge < -0.3 is 15.5 Å². The smallest absolute Gasteiger partial charge is 0.405 e. The lowest BCUT2D eigenvalue weighted by molar-refractivity contribution is 0.189. The van der Waals surface area contributed by atoms with Gasteiger partial charge in [-0.25, -0.2) is 4.79 Å². The minimum Gasteiger partial charge on any atom is -0.465 e. The molecule has 2 unspecified atom stereocenters. The van der Waals surface area contributed by atoms with Gasteiger partial charge in [0.15, 0.2) is 0 Å². The van der Waals surface area contributed by atoms with Crippen molar-refractivity contribution in [3.8, 4) is 0 Å². The summed E-state index contributed by atoms with van der Waals surface area (Å²) in [5.41, 5.74) is 1.33. The van der Waals surface area contributed by atoms with Gasteiger partial charge in [0.1, 0.15) is 0 Å². The van der Waals surface area contributed by atoms with Gasteiger partial charge in [-0.3, -0.25) is 0 Å². The number of amides is 1. The largest absolute Gasteiger partial charge is 0.465 e. The van der Waals surface area contributed by atoms with E-state index in [1.54, 1.807) is 25.1 Å². The minimum atomic E-state index is -2.01. The second-order valence-corrected chi connectivity index (χ2v) is 11.8. The number of rotatable bonds is 4. The van der Waals surface area contributed by atoms with Crippen LogP contribution in [0.5, 0.6) is 0 Å². The first-order chi connectivity index (χ1) is 8.99. The number of halogens is 1. The van der Waals surface area contributed by atoms with E-state index in [4.69, 9.17) is 16.7 Å². The van der Waals surface area contributed by atoms with Gasteiger partial charge in [0.2, 0.25) is 0 Å². The Morgan fingerprint density at radius 3 is 2.35 bits per heavy atom. The van der Waals surface area contributed by atoms with E-state index in [1.807, 2.05) is 19.6 Å². The Labute approximate surface area is 125 Å². The van der Waals surface area contributed by atoms with Crippen molar-refractivity contribution < 1.29 is 15.0 Å². The highest BCUT2D eigenvalue weighted by Gasteiger charge is 2.42. The van der Waals surface area contributed by atoms with Crippen LogP contribution in [0.2, 0.25) is 24.7 Å². The minimum absolute atomic E-state index is 0.413. The summed E-state index contributed by atoms with van der Waals surface area (Å²) in [5.74, 6) is 0. The highest BCUT2D eigenvalue weighted by molar-refractivity contribution is 6.79. The van der Waals surface area contributed by atoms with E-state index in [1.165, 1.54) is 0 Å². The second kappa shape index (κ2) is 5.75. The fraction of sp³-hybridized carbons (Fsp3) is 0.429. The van der Waals surface area contributed by atoms with Crippen LogP contribution >= 0.6 is 11.6 Å². The van der Waals surface area contributed by atoms with Crippen LogP contribution in [-0.4, -0.2) is 24.4 Å². The van der Waals surface area contributed by atoms with Crippen molar-refractivity contribution in [3.63, 3.8) is 0 Å². The van der Waals surface area contributed by atoms with Gasteiger partial charge in [0.25, 0.3) is 0 Å². The van der Waals surface area contributed by atoms with Gasteiger partial charge in [0, 0.05) is 5.02 Å². The number of aliphatic hydroxyl groups is 1.